The van der Waals surface area contributed by atoms with Gasteiger partial charge < -0.3 is 15.0 Å². The standard InChI is InChI=1S/C24H24F2N4O3/c1-14(15-3-2-4-16(9-15)17-5-8-22(31)28-11-17)23(32)30-21-7-6-19(13-27-21)33-24-20(26)10-18(25)12-29-24/h5-8,10-16H,2-4,9H2,1H3,(H,28,31)(H,27,30,32)/t14-,15+,16-/m1/s1. The summed E-state index contributed by atoms with van der Waals surface area (Å²) in [5, 5.41) is 2.82. The minimum Gasteiger partial charge on any atom is -0.435 e. The van der Waals surface area contributed by atoms with Crippen LogP contribution >= 0.6 is 0 Å². The van der Waals surface area contributed by atoms with Crippen LogP contribution in [0.15, 0.2) is 53.7 Å². The topological polar surface area (TPSA) is 97.0 Å². The van der Waals surface area contributed by atoms with Gasteiger partial charge in [-0.2, -0.15) is 0 Å². The van der Waals surface area contributed by atoms with E-state index in [1.807, 2.05) is 13.0 Å². The SMILES string of the molecule is C[C@@H](C(=O)Nc1ccc(Oc2ncc(F)cc2F)cn1)[C@H]1CCC[C@@H](c2ccc(=O)[nH]c2)C1. The van der Waals surface area contributed by atoms with E-state index in [0.717, 1.165) is 37.4 Å². The van der Waals surface area contributed by atoms with Gasteiger partial charge in [-0.15, -0.1) is 0 Å². The van der Waals surface area contributed by atoms with Gasteiger partial charge in [-0.1, -0.05) is 19.4 Å². The first-order valence-corrected chi connectivity index (χ1v) is 10.8. The molecule has 3 aromatic heterocycles. The van der Waals surface area contributed by atoms with Crippen LogP contribution in [0.5, 0.6) is 11.6 Å². The van der Waals surface area contributed by atoms with Gasteiger partial charge >= 0.3 is 0 Å². The molecule has 9 heteroatoms. The van der Waals surface area contributed by atoms with Crippen molar-refractivity contribution in [2.75, 3.05) is 5.32 Å². The number of carbonyl (C=O) groups is 1. The third-order valence-corrected chi connectivity index (χ3v) is 6.09. The number of carbonyl (C=O) groups excluding carboxylic acids is 1. The number of anilines is 1. The van der Waals surface area contributed by atoms with Gasteiger partial charge in [0.1, 0.15) is 17.4 Å². The first kappa shape index (κ1) is 22.6. The molecule has 3 atom stereocenters. The minimum absolute atomic E-state index is 0.123. The number of hydrogen-bond acceptors (Lipinski definition) is 5. The molecule has 172 valence electrons. The molecule has 1 amide bonds. The van der Waals surface area contributed by atoms with Crippen LogP contribution in [0.4, 0.5) is 14.6 Å². The molecule has 0 bridgehead atoms. The van der Waals surface area contributed by atoms with E-state index in [4.69, 9.17) is 4.74 Å². The van der Waals surface area contributed by atoms with Crippen LogP contribution < -0.4 is 15.6 Å². The third kappa shape index (κ3) is 5.60. The molecular weight excluding hydrogens is 430 g/mol. The van der Waals surface area contributed by atoms with E-state index in [1.54, 1.807) is 12.3 Å². The maximum Gasteiger partial charge on any atom is 0.256 e. The Morgan fingerprint density at radius 1 is 1.18 bits per heavy atom. The molecule has 3 heterocycles. The molecule has 0 spiro atoms. The molecule has 3 aromatic rings. The van der Waals surface area contributed by atoms with Crippen LogP contribution in [0.1, 0.15) is 44.1 Å². The second-order valence-corrected chi connectivity index (χ2v) is 8.31. The van der Waals surface area contributed by atoms with E-state index in [1.165, 1.54) is 18.3 Å². The third-order valence-electron chi connectivity index (χ3n) is 6.09. The number of aromatic nitrogens is 3. The van der Waals surface area contributed by atoms with Crippen molar-refractivity contribution in [1.29, 1.82) is 0 Å². The van der Waals surface area contributed by atoms with Crippen LogP contribution in [-0.2, 0) is 4.79 Å². The van der Waals surface area contributed by atoms with E-state index in [9.17, 15) is 18.4 Å². The Kier molecular flexibility index (Phi) is 6.76. The number of aromatic amines is 1. The van der Waals surface area contributed by atoms with Gasteiger partial charge in [0, 0.05) is 24.2 Å². The number of ether oxygens (including phenoxy) is 1. The van der Waals surface area contributed by atoms with Crippen molar-refractivity contribution in [1.82, 2.24) is 15.0 Å². The van der Waals surface area contributed by atoms with Crippen molar-refractivity contribution < 1.29 is 18.3 Å². The Balaban J connectivity index is 1.35. The first-order valence-electron chi connectivity index (χ1n) is 10.8. The molecule has 0 saturated heterocycles. The summed E-state index contributed by atoms with van der Waals surface area (Å²) in [6.45, 7) is 1.91. The number of hydrogen-bond donors (Lipinski definition) is 2. The summed E-state index contributed by atoms with van der Waals surface area (Å²) in [6.07, 6.45) is 7.84. The predicted molar refractivity (Wildman–Crippen MR) is 118 cm³/mol. The fourth-order valence-electron chi connectivity index (χ4n) is 4.22. The molecule has 7 nitrogen and oxygen atoms in total. The number of rotatable bonds is 6. The lowest BCUT2D eigenvalue weighted by Crippen LogP contribution is -2.30. The Morgan fingerprint density at radius 3 is 2.73 bits per heavy atom. The van der Waals surface area contributed by atoms with E-state index < -0.39 is 11.6 Å². The molecule has 1 fully saturated rings. The monoisotopic (exact) mass is 454 g/mol. The molecule has 0 aromatic carbocycles. The maximum absolute atomic E-state index is 13.7. The molecule has 33 heavy (non-hydrogen) atoms. The van der Waals surface area contributed by atoms with E-state index in [0.29, 0.717) is 17.8 Å². The summed E-state index contributed by atoms with van der Waals surface area (Å²) < 4.78 is 31.9. The molecule has 1 aliphatic carbocycles. The van der Waals surface area contributed by atoms with Gasteiger partial charge in [-0.25, -0.2) is 18.7 Å². The molecule has 2 N–H and O–H groups in total. The van der Waals surface area contributed by atoms with Gasteiger partial charge in [0.25, 0.3) is 5.88 Å². The molecular formula is C24H24F2N4O3. The Hall–Kier alpha value is -3.62. The Labute approximate surface area is 189 Å². The minimum atomic E-state index is -0.922. The molecule has 0 radical (unpaired) electrons. The van der Waals surface area contributed by atoms with Crippen molar-refractivity contribution in [2.45, 2.75) is 38.5 Å². The van der Waals surface area contributed by atoms with Crippen molar-refractivity contribution in [3.05, 3.63) is 76.5 Å². The largest absolute Gasteiger partial charge is 0.435 e. The van der Waals surface area contributed by atoms with Crippen LogP contribution in [0.25, 0.3) is 0 Å². The molecule has 1 saturated carbocycles. The van der Waals surface area contributed by atoms with Crippen molar-refractivity contribution in [3.8, 4) is 11.6 Å². The fourth-order valence-corrected chi connectivity index (χ4v) is 4.22. The predicted octanol–water partition coefficient (Wildman–Crippen LogP) is 4.78. The van der Waals surface area contributed by atoms with Crippen molar-refractivity contribution in [2.24, 2.45) is 11.8 Å². The normalized spacial score (nSPS) is 19.0. The van der Waals surface area contributed by atoms with Crippen LogP contribution in [0.2, 0.25) is 0 Å². The summed E-state index contributed by atoms with van der Waals surface area (Å²) in [5.41, 5.74) is 0.970. The van der Waals surface area contributed by atoms with Crippen LogP contribution in [-0.4, -0.2) is 20.9 Å². The highest BCUT2D eigenvalue weighted by Crippen LogP contribution is 2.39. The number of nitrogens with zero attached hydrogens (tertiary/aromatic N) is 2. The number of halogens is 2. The molecule has 4 rings (SSSR count). The number of amides is 1. The summed E-state index contributed by atoms with van der Waals surface area (Å²) in [6, 6.07) is 7.14. The second kappa shape index (κ2) is 9.89. The zero-order valence-corrected chi connectivity index (χ0v) is 18.1. The highest BCUT2D eigenvalue weighted by molar-refractivity contribution is 5.91. The number of nitrogens with one attached hydrogen (secondary N) is 2. The maximum atomic E-state index is 13.7. The van der Waals surface area contributed by atoms with E-state index >= 15 is 0 Å². The van der Waals surface area contributed by atoms with Gasteiger partial charge in [0.15, 0.2) is 5.82 Å². The quantitative estimate of drug-likeness (QED) is 0.559. The highest BCUT2D eigenvalue weighted by Gasteiger charge is 2.30. The lowest BCUT2D eigenvalue weighted by Gasteiger charge is -2.32. The van der Waals surface area contributed by atoms with Crippen molar-refractivity contribution in [3.63, 3.8) is 0 Å². The average Bonchev–Trinajstić information content (AvgIpc) is 2.82. The van der Waals surface area contributed by atoms with Crippen LogP contribution in [0.3, 0.4) is 0 Å². The fraction of sp³-hybridized carbons (Fsp3) is 0.333. The Morgan fingerprint density at radius 2 is 2.03 bits per heavy atom. The summed E-state index contributed by atoms with van der Waals surface area (Å²) in [5.74, 6) is -1.35. The lowest BCUT2D eigenvalue weighted by molar-refractivity contribution is -0.121. The zero-order chi connectivity index (χ0) is 23.4. The van der Waals surface area contributed by atoms with E-state index in [2.05, 4.69) is 20.3 Å². The summed E-state index contributed by atoms with van der Waals surface area (Å²) in [4.78, 5) is 34.6. The molecule has 0 unspecified atom stereocenters. The Bertz CT molecular complexity index is 1160. The number of pyridine rings is 3. The van der Waals surface area contributed by atoms with Gasteiger partial charge in [-0.3, -0.25) is 9.59 Å². The molecule has 1 aliphatic rings. The second-order valence-electron chi connectivity index (χ2n) is 8.31. The van der Waals surface area contributed by atoms with Crippen molar-refractivity contribution >= 4 is 11.7 Å². The first-order chi connectivity index (χ1) is 15.9. The smallest absolute Gasteiger partial charge is 0.256 e. The summed E-state index contributed by atoms with van der Waals surface area (Å²) >= 11 is 0. The van der Waals surface area contributed by atoms with Gasteiger partial charge in [0.05, 0.1) is 12.4 Å². The van der Waals surface area contributed by atoms with Gasteiger partial charge in [-0.05, 0) is 48.8 Å². The summed E-state index contributed by atoms with van der Waals surface area (Å²) in [7, 11) is 0. The van der Waals surface area contributed by atoms with Crippen LogP contribution in [0, 0.1) is 23.5 Å². The van der Waals surface area contributed by atoms with Gasteiger partial charge in [0.2, 0.25) is 11.5 Å². The zero-order valence-electron chi connectivity index (χ0n) is 18.1. The lowest BCUT2D eigenvalue weighted by atomic mass is 9.73. The number of H-pyrrole nitrogens is 1. The molecule has 0 aliphatic heterocycles. The average molecular weight is 454 g/mol. The highest BCUT2D eigenvalue weighted by atomic mass is 19.1. The van der Waals surface area contributed by atoms with E-state index in [-0.39, 0.29) is 34.9 Å².